The lowest BCUT2D eigenvalue weighted by atomic mass is 9.83. The predicted octanol–water partition coefficient (Wildman–Crippen LogP) is 2.07. The van der Waals surface area contributed by atoms with Crippen LogP contribution in [0.2, 0.25) is 0 Å². The van der Waals surface area contributed by atoms with Gasteiger partial charge in [-0.2, -0.15) is 4.90 Å². The van der Waals surface area contributed by atoms with Crippen LogP contribution in [0.3, 0.4) is 0 Å². The summed E-state index contributed by atoms with van der Waals surface area (Å²) < 4.78 is 19.6. The molecule has 2 aliphatic rings. The standard InChI is InChI=1S/C24H19FN4O7S2/c1-36-14-8-10(2-7-13(14)30)16-17-18(21(33)29(20(17)32)23(26)34)37-22-19(16)38-24(35)28(22)9-15(31)27-12-5-3-11(25)4-6-12/h2-8,16-18,30H,9H2,1H3,(H2,26,34)(H,27,31). The van der Waals surface area contributed by atoms with Gasteiger partial charge in [0.15, 0.2) is 11.5 Å². The number of imide groups is 3. The number of aromatic nitrogens is 1. The molecule has 0 aliphatic carbocycles. The molecule has 2 aromatic carbocycles. The summed E-state index contributed by atoms with van der Waals surface area (Å²) in [6.07, 6.45) is 0. The van der Waals surface area contributed by atoms with Crippen LogP contribution in [0.25, 0.3) is 0 Å². The number of thiazole rings is 1. The van der Waals surface area contributed by atoms with Crippen molar-refractivity contribution in [2.45, 2.75) is 22.7 Å². The molecule has 3 heterocycles. The summed E-state index contributed by atoms with van der Waals surface area (Å²) in [5, 5.41) is 11.9. The van der Waals surface area contributed by atoms with E-state index in [0.29, 0.717) is 26.1 Å². The van der Waals surface area contributed by atoms with E-state index in [9.17, 15) is 33.5 Å². The van der Waals surface area contributed by atoms with Gasteiger partial charge in [0, 0.05) is 16.5 Å². The van der Waals surface area contributed by atoms with Crippen LogP contribution in [0.15, 0.2) is 52.3 Å². The molecule has 1 aromatic heterocycles. The minimum atomic E-state index is -1.21. The van der Waals surface area contributed by atoms with Crippen LogP contribution in [0.5, 0.6) is 11.5 Å². The molecule has 5 rings (SSSR count). The number of primary amides is 1. The van der Waals surface area contributed by atoms with Crippen molar-refractivity contribution in [3.05, 3.63) is 68.4 Å². The van der Waals surface area contributed by atoms with E-state index in [1.807, 2.05) is 0 Å². The summed E-state index contributed by atoms with van der Waals surface area (Å²) in [6, 6.07) is 8.24. The number of methoxy groups -OCH3 is 1. The zero-order valence-electron chi connectivity index (χ0n) is 19.5. The van der Waals surface area contributed by atoms with Crippen molar-refractivity contribution in [2.24, 2.45) is 11.7 Å². The van der Waals surface area contributed by atoms with Gasteiger partial charge in [-0.25, -0.2) is 9.18 Å². The highest BCUT2D eigenvalue weighted by molar-refractivity contribution is 8.00. The third kappa shape index (κ3) is 4.20. The van der Waals surface area contributed by atoms with Crippen molar-refractivity contribution in [3.63, 3.8) is 0 Å². The Kier molecular flexibility index (Phi) is 6.44. The smallest absolute Gasteiger partial charge is 0.328 e. The van der Waals surface area contributed by atoms with Gasteiger partial charge in [-0.15, -0.1) is 0 Å². The molecule has 196 valence electrons. The summed E-state index contributed by atoms with van der Waals surface area (Å²) in [7, 11) is 1.34. The van der Waals surface area contributed by atoms with Gasteiger partial charge in [-0.05, 0) is 42.0 Å². The number of nitrogens with one attached hydrogen (secondary N) is 1. The minimum Gasteiger partial charge on any atom is -0.504 e. The second-order valence-electron chi connectivity index (χ2n) is 8.50. The SMILES string of the molecule is COc1cc(C2c3sc(=O)n(CC(=O)Nc4ccc(F)cc4)c3SC3C(=O)N(C(N)=O)C(=O)C32)ccc1O. The van der Waals surface area contributed by atoms with Gasteiger partial charge >= 0.3 is 10.9 Å². The summed E-state index contributed by atoms with van der Waals surface area (Å²) in [5.41, 5.74) is 6.09. The number of hydrogen-bond acceptors (Lipinski definition) is 9. The number of nitrogens with zero attached hydrogens (tertiary/aromatic N) is 2. The van der Waals surface area contributed by atoms with Crippen LogP contribution in [0.4, 0.5) is 14.9 Å². The molecule has 0 spiro atoms. The van der Waals surface area contributed by atoms with E-state index < -0.39 is 58.1 Å². The molecule has 2 aliphatic heterocycles. The second-order valence-corrected chi connectivity index (χ2v) is 10.6. The number of hydrogen-bond donors (Lipinski definition) is 3. The van der Waals surface area contributed by atoms with E-state index in [1.54, 1.807) is 0 Å². The van der Waals surface area contributed by atoms with E-state index >= 15 is 0 Å². The molecule has 3 aromatic rings. The Labute approximate surface area is 222 Å². The fourth-order valence-electron chi connectivity index (χ4n) is 4.60. The zero-order chi connectivity index (χ0) is 27.3. The number of rotatable bonds is 5. The highest BCUT2D eigenvalue weighted by Gasteiger charge is 2.58. The number of benzene rings is 2. The Morgan fingerprint density at radius 2 is 1.84 bits per heavy atom. The Morgan fingerprint density at radius 1 is 1.13 bits per heavy atom. The highest BCUT2D eigenvalue weighted by atomic mass is 32.2. The fraction of sp³-hybridized carbons (Fsp3) is 0.208. The largest absolute Gasteiger partial charge is 0.504 e. The Bertz CT molecular complexity index is 1550. The number of phenolic OH excluding ortho intramolecular Hbond substituents is 1. The summed E-state index contributed by atoms with van der Waals surface area (Å²) in [5.74, 6) is -4.66. The van der Waals surface area contributed by atoms with Crippen molar-refractivity contribution in [3.8, 4) is 11.5 Å². The summed E-state index contributed by atoms with van der Waals surface area (Å²) in [4.78, 5) is 64.4. The highest BCUT2D eigenvalue weighted by Crippen LogP contribution is 2.53. The molecule has 1 fully saturated rings. The van der Waals surface area contributed by atoms with Crippen LogP contribution in [0, 0.1) is 11.7 Å². The van der Waals surface area contributed by atoms with Gasteiger partial charge in [0.1, 0.15) is 17.6 Å². The molecule has 14 heteroatoms. The van der Waals surface area contributed by atoms with Crippen LogP contribution in [-0.2, 0) is 20.9 Å². The number of carbonyl (C=O) groups is 4. The van der Waals surface area contributed by atoms with E-state index in [4.69, 9.17) is 10.5 Å². The number of nitrogens with two attached hydrogens (primary N) is 1. The number of aromatic hydroxyl groups is 1. The van der Waals surface area contributed by atoms with Crippen molar-refractivity contribution in [2.75, 3.05) is 12.4 Å². The normalized spacial score (nSPS) is 20.2. The molecule has 3 atom stereocenters. The number of fused-ring (bicyclic) bond motifs is 2. The average molecular weight is 559 g/mol. The third-order valence-corrected chi connectivity index (χ3v) is 8.87. The Morgan fingerprint density at radius 3 is 2.50 bits per heavy atom. The number of phenols is 1. The van der Waals surface area contributed by atoms with Crippen LogP contribution < -0.4 is 20.7 Å². The summed E-state index contributed by atoms with van der Waals surface area (Å²) in [6.45, 7) is -0.417. The number of anilines is 1. The van der Waals surface area contributed by atoms with Gasteiger partial charge in [0.25, 0.3) is 5.91 Å². The molecular weight excluding hydrogens is 539 g/mol. The van der Waals surface area contributed by atoms with Crippen molar-refractivity contribution in [1.29, 1.82) is 0 Å². The predicted molar refractivity (Wildman–Crippen MR) is 135 cm³/mol. The molecule has 0 bridgehead atoms. The molecule has 4 N–H and O–H groups in total. The maximum absolute atomic E-state index is 13.2. The molecule has 38 heavy (non-hydrogen) atoms. The number of likely N-dealkylation sites (tertiary alicyclic amines) is 1. The Hall–Kier alpha value is -4.17. The second kappa shape index (κ2) is 9.61. The zero-order valence-corrected chi connectivity index (χ0v) is 21.2. The first-order valence-corrected chi connectivity index (χ1v) is 12.8. The fourth-order valence-corrected chi connectivity index (χ4v) is 7.37. The van der Waals surface area contributed by atoms with E-state index in [2.05, 4.69) is 5.32 Å². The van der Waals surface area contributed by atoms with Gasteiger partial charge in [0.05, 0.1) is 18.1 Å². The third-order valence-electron chi connectivity index (χ3n) is 6.26. The number of carbonyl (C=O) groups excluding carboxylic acids is 4. The van der Waals surface area contributed by atoms with Crippen LogP contribution >= 0.6 is 23.1 Å². The molecule has 0 saturated carbocycles. The van der Waals surface area contributed by atoms with Gasteiger partial charge in [-0.3, -0.25) is 23.7 Å². The lowest BCUT2D eigenvalue weighted by Crippen LogP contribution is -2.41. The van der Waals surface area contributed by atoms with Gasteiger partial charge < -0.3 is 20.9 Å². The first kappa shape index (κ1) is 25.5. The van der Waals surface area contributed by atoms with Crippen molar-refractivity contribution in [1.82, 2.24) is 9.47 Å². The van der Waals surface area contributed by atoms with Gasteiger partial charge in [-0.1, -0.05) is 29.2 Å². The van der Waals surface area contributed by atoms with Crippen molar-refractivity contribution >= 4 is 52.5 Å². The molecule has 3 unspecified atom stereocenters. The first-order valence-electron chi connectivity index (χ1n) is 11.1. The summed E-state index contributed by atoms with van der Waals surface area (Å²) >= 11 is 1.72. The number of halogens is 1. The van der Waals surface area contributed by atoms with Crippen molar-refractivity contribution < 1.29 is 33.4 Å². The topological polar surface area (TPSA) is 161 Å². The monoisotopic (exact) mass is 558 g/mol. The molecule has 0 radical (unpaired) electrons. The van der Waals surface area contributed by atoms with Gasteiger partial charge in [0.2, 0.25) is 11.8 Å². The lowest BCUT2D eigenvalue weighted by Gasteiger charge is -2.30. The lowest BCUT2D eigenvalue weighted by molar-refractivity contribution is -0.135. The first-order chi connectivity index (χ1) is 18.1. The van der Waals surface area contributed by atoms with Crippen LogP contribution in [-0.4, -0.2) is 50.7 Å². The average Bonchev–Trinajstić information content (AvgIpc) is 3.32. The molecule has 11 nitrogen and oxygen atoms in total. The quantitative estimate of drug-likeness (QED) is 0.401. The Balaban J connectivity index is 1.58. The van der Waals surface area contributed by atoms with E-state index in [1.165, 1.54) is 54.1 Å². The number of amides is 5. The van der Waals surface area contributed by atoms with E-state index in [-0.39, 0.29) is 11.5 Å². The molecule has 5 amide bonds. The maximum Gasteiger partial charge on any atom is 0.328 e. The molecule has 1 saturated heterocycles. The number of ether oxygens (including phenoxy) is 1. The maximum atomic E-state index is 13.2. The van der Waals surface area contributed by atoms with E-state index in [0.717, 1.165) is 23.1 Å². The minimum absolute atomic E-state index is 0.104. The number of thioether (sulfide) groups is 1. The van der Waals surface area contributed by atoms with Crippen LogP contribution in [0.1, 0.15) is 16.4 Å². The number of urea groups is 1. The molecular formula is C24H19FN4O7S2.